The van der Waals surface area contributed by atoms with Crippen LogP contribution in [-0.2, 0) is 82.7 Å². The number of carbonyl (C=O) groups excluding carboxylic acids is 3. The third-order valence-corrected chi connectivity index (χ3v) is 16.9. The minimum absolute atomic E-state index is 0.0378. The molecular weight excluding hydrogens is 1390 g/mol. The molecule has 3 heterocycles. The van der Waals surface area contributed by atoms with Crippen molar-refractivity contribution in [1.29, 1.82) is 0 Å². The molecule has 2 aliphatic heterocycles. The van der Waals surface area contributed by atoms with Crippen molar-refractivity contribution >= 4 is 77.6 Å². The lowest BCUT2D eigenvalue weighted by molar-refractivity contribution is -0.142. The van der Waals surface area contributed by atoms with Crippen LogP contribution in [0.3, 0.4) is 0 Å². The van der Waals surface area contributed by atoms with Crippen LogP contribution < -0.4 is 31.5 Å². The molecular formula is C69H116N14O23. The first-order valence-electron chi connectivity index (χ1n) is 36.8. The first kappa shape index (κ1) is 90.7. The number of nitrogens with zero attached hydrogens (tertiary/aromatic N) is 9. The van der Waals surface area contributed by atoms with Gasteiger partial charge in [-0.15, -0.1) is 0 Å². The molecule has 2 atom stereocenters. The fourth-order valence-corrected chi connectivity index (χ4v) is 11.4. The number of aldehydes is 1. The molecule has 0 saturated carbocycles. The summed E-state index contributed by atoms with van der Waals surface area (Å²) in [6.45, 7) is 10.2. The van der Waals surface area contributed by atoms with E-state index in [1.165, 1.54) is 0 Å². The molecule has 0 spiro atoms. The number of benzene rings is 1. The van der Waals surface area contributed by atoms with E-state index in [0.29, 0.717) is 175 Å². The molecule has 2 saturated heterocycles. The number of amides is 3. The summed E-state index contributed by atoms with van der Waals surface area (Å²) in [4.78, 5) is 131. The quantitative estimate of drug-likeness (QED) is 0.0325. The van der Waals surface area contributed by atoms with Crippen LogP contribution in [0.2, 0.25) is 0 Å². The zero-order valence-corrected chi connectivity index (χ0v) is 61.3. The van der Waals surface area contributed by atoms with Crippen molar-refractivity contribution in [3.63, 3.8) is 0 Å². The Bertz CT molecular complexity index is 2800. The Labute approximate surface area is 619 Å². The van der Waals surface area contributed by atoms with Gasteiger partial charge in [0.05, 0.1) is 145 Å². The van der Waals surface area contributed by atoms with Gasteiger partial charge in [-0.2, -0.15) is 15.0 Å². The molecule has 106 heavy (non-hydrogen) atoms. The smallest absolute Gasteiger partial charge is 0.326 e. The predicted octanol–water partition coefficient (Wildman–Crippen LogP) is 0.976. The molecule has 37 nitrogen and oxygen atoms in total. The van der Waals surface area contributed by atoms with Crippen LogP contribution in [-0.4, -0.2) is 366 Å². The molecule has 1 unspecified atom stereocenters. The van der Waals surface area contributed by atoms with Gasteiger partial charge in [0, 0.05) is 103 Å². The first-order valence-corrected chi connectivity index (χ1v) is 36.8. The van der Waals surface area contributed by atoms with Crippen LogP contribution in [0.5, 0.6) is 0 Å². The standard InChI is InChI=1S/C69H116N14O23/c84-32-19-72-69(98)74-58(65(96)97)11-8-9-18-70-59(85)12-7-5-3-1-2-4-6-10-21-78-26-29-82(30-27-78)68-76-66(71-20-34-100-36-38-102-40-42-104-44-46-106-48-47-105-45-43-103-41-39-101-37-35-99-33-17-60(86)87)75-67(77-68)73-56-15-13-55(14-16-56)49-57-50-81(53-63(92)93)25-24-79(51-61(88)89)22-23-80(52-62(90)91)28-31-83(57)54-64(94)95/h13-16,32,57-58H,1-12,17-31,33-54H2,(H,70,85)(H,86,87)(H,88,89)(H,90,91)(H,92,93)(H,94,95)(H,96,97)(H2,72,74,98)(H2,71,73,75,76,77)/t57?,58-/m0/s1. The number of urea groups is 1. The zero-order chi connectivity index (χ0) is 76.6. The van der Waals surface area contributed by atoms with Gasteiger partial charge in [0.25, 0.3) is 0 Å². The second-order valence-electron chi connectivity index (χ2n) is 25.4. The first-order chi connectivity index (χ1) is 51.3. The van der Waals surface area contributed by atoms with Crippen molar-refractivity contribution in [2.24, 2.45) is 0 Å². The number of hydrogen-bond donors (Lipinski definition) is 11. The Morgan fingerprint density at radius 1 is 0.462 bits per heavy atom. The van der Waals surface area contributed by atoms with Crippen LogP contribution in [0.25, 0.3) is 0 Å². The molecule has 37 heteroatoms. The maximum absolute atomic E-state index is 12.4. The van der Waals surface area contributed by atoms with Gasteiger partial charge in [0.2, 0.25) is 23.8 Å². The third-order valence-electron chi connectivity index (χ3n) is 16.9. The fourth-order valence-electron chi connectivity index (χ4n) is 11.4. The van der Waals surface area contributed by atoms with Crippen LogP contribution in [0.15, 0.2) is 24.3 Å². The number of carbonyl (C=O) groups is 9. The van der Waals surface area contributed by atoms with Crippen molar-refractivity contribution in [3.05, 3.63) is 29.8 Å². The number of anilines is 4. The van der Waals surface area contributed by atoms with E-state index in [1.807, 2.05) is 24.3 Å². The van der Waals surface area contributed by atoms with Crippen molar-refractivity contribution in [3.8, 4) is 0 Å². The van der Waals surface area contributed by atoms with Gasteiger partial charge >= 0.3 is 41.8 Å². The van der Waals surface area contributed by atoms with Gasteiger partial charge in [0.1, 0.15) is 12.3 Å². The highest BCUT2D eigenvalue weighted by Crippen LogP contribution is 2.22. The second-order valence-corrected chi connectivity index (χ2v) is 25.4. The molecule has 1 aromatic heterocycles. The van der Waals surface area contributed by atoms with Gasteiger partial charge in [-0.25, -0.2) is 9.59 Å². The summed E-state index contributed by atoms with van der Waals surface area (Å²) in [6.07, 6.45) is 10.7. The highest BCUT2D eigenvalue weighted by atomic mass is 16.6. The summed E-state index contributed by atoms with van der Waals surface area (Å²) in [5.41, 5.74) is 1.45. The molecule has 11 N–H and O–H groups in total. The number of unbranched alkanes of at least 4 members (excludes halogenated alkanes) is 8. The number of hydrogen-bond acceptors (Lipinski definition) is 28. The average molecular weight is 1510 g/mol. The lowest BCUT2D eigenvalue weighted by Crippen LogP contribution is -2.53. The topological polar surface area (TPSA) is 467 Å². The minimum Gasteiger partial charge on any atom is -0.481 e. The Hall–Kier alpha value is -7.66. The molecule has 600 valence electrons. The fraction of sp³-hybridized carbons (Fsp3) is 0.739. The number of carboxylic acid groups (broad SMARTS) is 6. The van der Waals surface area contributed by atoms with E-state index in [1.54, 1.807) is 19.6 Å². The van der Waals surface area contributed by atoms with Crippen LogP contribution in [0, 0.1) is 0 Å². The number of rotatable bonds is 61. The maximum atomic E-state index is 12.4. The van der Waals surface area contributed by atoms with Crippen LogP contribution in [0.4, 0.5) is 28.3 Å². The average Bonchev–Trinajstić information content (AvgIpc) is 0.820. The summed E-state index contributed by atoms with van der Waals surface area (Å²) in [6, 6.07) is 5.07. The highest BCUT2D eigenvalue weighted by Gasteiger charge is 2.29. The van der Waals surface area contributed by atoms with Crippen molar-refractivity contribution in [2.75, 3.05) is 246 Å². The summed E-state index contributed by atoms with van der Waals surface area (Å²) >= 11 is 0. The largest absolute Gasteiger partial charge is 0.481 e. The number of nitrogens with one attached hydrogen (secondary N) is 5. The lowest BCUT2D eigenvalue weighted by Gasteiger charge is -2.37. The molecule has 3 amide bonds. The van der Waals surface area contributed by atoms with Crippen molar-refractivity contribution in [2.45, 2.75) is 102 Å². The van der Waals surface area contributed by atoms with Gasteiger partial charge in [-0.1, -0.05) is 50.7 Å². The van der Waals surface area contributed by atoms with Gasteiger partial charge in [-0.05, 0) is 62.8 Å². The SMILES string of the molecule is O=CCNC(=O)N[C@@H](CCCCNC(=O)CCCCCCCCCCN1CCN(c2nc(NCCOCCOCCOCCOCCOCCOCCOCCOCCC(=O)O)nc(Nc3ccc(CC4CN(CC(=O)O)CCN(CC(=O)O)CCN(CC(=O)O)CCN4CC(=O)O)cc3)n2)CC1)C(=O)O. The van der Waals surface area contributed by atoms with E-state index in [-0.39, 0.29) is 103 Å². The number of piperazine rings is 1. The summed E-state index contributed by atoms with van der Waals surface area (Å²) in [7, 11) is 0. The number of aliphatic carboxylic acids is 6. The summed E-state index contributed by atoms with van der Waals surface area (Å²) < 4.78 is 44.2. The Morgan fingerprint density at radius 2 is 0.934 bits per heavy atom. The predicted molar refractivity (Wildman–Crippen MR) is 387 cm³/mol. The number of carboxylic acids is 6. The van der Waals surface area contributed by atoms with Crippen molar-refractivity contribution < 1.29 is 112 Å². The minimum atomic E-state index is -1.17. The second kappa shape index (κ2) is 57.5. The third kappa shape index (κ3) is 45.8. The Kier molecular flexibility index (Phi) is 49.2. The van der Waals surface area contributed by atoms with Crippen molar-refractivity contribution in [1.82, 2.24) is 55.4 Å². The normalized spacial score (nSPS) is 15.6. The monoisotopic (exact) mass is 1510 g/mol. The molecule has 4 rings (SSSR count). The van der Waals surface area contributed by atoms with Crippen LogP contribution in [0.1, 0.15) is 89.0 Å². The molecule has 1 aromatic carbocycles. The van der Waals surface area contributed by atoms with E-state index >= 15 is 0 Å². The van der Waals surface area contributed by atoms with E-state index < -0.39 is 60.5 Å². The zero-order valence-electron chi connectivity index (χ0n) is 61.3. The maximum Gasteiger partial charge on any atom is 0.326 e. The van der Waals surface area contributed by atoms with Crippen LogP contribution >= 0.6 is 0 Å². The summed E-state index contributed by atoms with van der Waals surface area (Å²) in [5.74, 6) is -5.39. The lowest BCUT2D eigenvalue weighted by atomic mass is 10.0. The van der Waals surface area contributed by atoms with E-state index in [9.17, 15) is 68.7 Å². The Balaban J connectivity index is 1.24. The van der Waals surface area contributed by atoms with Gasteiger partial charge < -0.3 is 105 Å². The van der Waals surface area contributed by atoms with Gasteiger partial charge in [0.15, 0.2) is 0 Å². The van der Waals surface area contributed by atoms with Gasteiger partial charge in [-0.3, -0.25) is 53.3 Å². The molecule has 2 aromatic rings. The summed E-state index contributed by atoms with van der Waals surface area (Å²) in [5, 5.41) is 71.5. The number of aromatic nitrogens is 3. The molecule has 0 aliphatic carbocycles. The van der Waals surface area contributed by atoms with E-state index in [2.05, 4.69) is 36.4 Å². The van der Waals surface area contributed by atoms with E-state index in [4.69, 9.17) is 58.0 Å². The van der Waals surface area contributed by atoms with E-state index in [0.717, 1.165) is 76.6 Å². The molecule has 0 bridgehead atoms. The Morgan fingerprint density at radius 3 is 1.45 bits per heavy atom. The highest BCUT2D eigenvalue weighted by molar-refractivity contribution is 5.83. The molecule has 0 radical (unpaired) electrons. The number of ether oxygens (including phenoxy) is 8. The molecule has 2 fully saturated rings. The molecule has 2 aliphatic rings.